The summed E-state index contributed by atoms with van der Waals surface area (Å²) in [5.74, 6) is 0.623. The monoisotopic (exact) mass is 265 g/mol. The SMILES string of the molecule is CC(C)(C)OC(=O)N1c2ccccc2OCC1CO. The van der Waals surface area contributed by atoms with Crippen LogP contribution in [0.15, 0.2) is 24.3 Å². The number of benzene rings is 1. The molecule has 0 fully saturated rings. The van der Waals surface area contributed by atoms with Crippen molar-refractivity contribution in [2.24, 2.45) is 0 Å². The summed E-state index contributed by atoms with van der Waals surface area (Å²) >= 11 is 0. The van der Waals surface area contributed by atoms with Gasteiger partial charge in [0.2, 0.25) is 0 Å². The van der Waals surface area contributed by atoms with E-state index in [0.717, 1.165) is 0 Å². The van der Waals surface area contributed by atoms with E-state index in [2.05, 4.69) is 0 Å². The predicted octanol–water partition coefficient (Wildman–Crippen LogP) is 2.18. The number of hydrogen-bond acceptors (Lipinski definition) is 4. The van der Waals surface area contributed by atoms with Crippen LogP contribution in [0, 0.1) is 0 Å². The van der Waals surface area contributed by atoms with Crippen LogP contribution in [0.5, 0.6) is 5.75 Å². The number of ether oxygens (including phenoxy) is 2. The van der Waals surface area contributed by atoms with Crippen LogP contribution in [0.4, 0.5) is 10.5 Å². The summed E-state index contributed by atoms with van der Waals surface area (Å²) in [5, 5.41) is 9.40. The van der Waals surface area contributed by atoms with Crippen molar-refractivity contribution in [3.8, 4) is 5.75 Å². The largest absolute Gasteiger partial charge is 0.489 e. The van der Waals surface area contributed by atoms with Gasteiger partial charge in [-0.1, -0.05) is 12.1 Å². The Balaban J connectivity index is 2.32. The lowest BCUT2D eigenvalue weighted by Gasteiger charge is -2.36. The van der Waals surface area contributed by atoms with E-state index in [1.807, 2.05) is 32.9 Å². The second-order valence-corrected chi connectivity index (χ2v) is 5.47. The maximum absolute atomic E-state index is 12.3. The normalized spacial score (nSPS) is 18.5. The number of aliphatic hydroxyl groups is 1. The molecule has 0 spiro atoms. The van der Waals surface area contributed by atoms with E-state index in [-0.39, 0.29) is 13.2 Å². The fourth-order valence-corrected chi connectivity index (χ4v) is 1.93. The molecule has 1 aromatic rings. The minimum atomic E-state index is -0.579. The van der Waals surface area contributed by atoms with Gasteiger partial charge in [0.25, 0.3) is 0 Å². The zero-order chi connectivity index (χ0) is 14.0. The number of rotatable bonds is 1. The quantitative estimate of drug-likeness (QED) is 0.845. The molecule has 1 amide bonds. The lowest BCUT2D eigenvalue weighted by Crippen LogP contribution is -2.50. The first-order chi connectivity index (χ1) is 8.92. The molecule has 0 bridgehead atoms. The molecule has 1 unspecified atom stereocenters. The first-order valence-electron chi connectivity index (χ1n) is 6.27. The molecule has 5 heteroatoms. The second kappa shape index (κ2) is 5.09. The van der Waals surface area contributed by atoms with Crippen LogP contribution in [-0.4, -0.2) is 36.1 Å². The zero-order valence-corrected chi connectivity index (χ0v) is 11.4. The standard InChI is InChI=1S/C14H19NO4/c1-14(2,3)19-13(17)15-10(8-16)9-18-12-7-5-4-6-11(12)15/h4-7,10,16H,8-9H2,1-3H3. The highest BCUT2D eigenvalue weighted by Crippen LogP contribution is 2.34. The Morgan fingerprint density at radius 3 is 2.79 bits per heavy atom. The van der Waals surface area contributed by atoms with Gasteiger partial charge in [0.05, 0.1) is 18.3 Å². The van der Waals surface area contributed by atoms with Gasteiger partial charge in [0.15, 0.2) is 0 Å². The highest BCUT2D eigenvalue weighted by atomic mass is 16.6. The summed E-state index contributed by atoms with van der Waals surface area (Å²) in [6, 6.07) is 6.80. The van der Waals surface area contributed by atoms with Gasteiger partial charge in [-0.15, -0.1) is 0 Å². The molecule has 104 valence electrons. The number of aliphatic hydroxyl groups excluding tert-OH is 1. The highest BCUT2D eigenvalue weighted by molar-refractivity contribution is 5.91. The third kappa shape index (κ3) is 2.98. The number of carbonyl (C=O) groups excluding carboxylic acids is 1. The maximum atomic E-state index is 12.3. The Labute approximate surface area is 112 Å². The van der Waals surface area contributed by atoms with Gasteiger partial charge in [0.1, 0.15) is 18.0 Å². The summed E-state index contributed by atoms with van der Waals surface area (Å²) in [6.45, 7) is 5.52. The van der Waals surface area contributed by atoms with Crippen LogP contribution >= 0.6 is 0 Å². The number of hydrogen-bond donors (Lipinski definition) is 1. The molecule has 1 aliphatic rings. The van der Waals surface area contributed by atoms with Gasteiger partial charge in [0, 0.05) is 0 Å². The first-order valence-corrected chi connectivity index (χ1v) is 6.27. The topological polar surface area (TPSA) is 59.0 Å². The third-order valence-electron chi connectivity index (χ3n) is 2.72. The number of anilines is 1. The van der Waals surface area contributed by atoms with Crippen molar-refractivity contribution in [1.29, 1.82) is 0 Å². The van der Waals surface area contributed by atoms with E-state index >= 15 is 0 Å². The van der Waals surface area contributed by atoms with Crippen molar-refractivity contribution in [3.05, 3.63) is 24.3 Å². The zero-order valence-electron chi connectivity index (χ0n) is 11.4. The van der Waals surface area contributed by atoms with Crippen LogP contribution in [0.3, 0.4) is 0 Å². The molecule has 19 heavy (non-hydrogen) atoms. The van der Waals surface area contributed by atoms with Crippen molar-refractivity contribution >= 4 is 11.8 Å². The Morgan fingerprint density at radius 2 is 2.16 bits per heavy atom. The molecular formula is C14H19NO4. The summed E-state index contributed by atoms with van der Waals surface area (Å²) in [6.07, 6.45) is -0.470. The van der Waals surface area contributed by atoms with E-state index < -0.39 is 17.7 Å². The minimum Gasteiger partial charge on any atom is -0.489 e. The molecular weight excluding hydrogens is 246 g/mol. The minimum absolute atomic E-state index is 0.173. The fraction of sp³-hybridized carbons (Fsp3) is 0.500. The Morgan fingerprint density at radius 1 is 1.47 bits per heavy atom. The maximum Gasteiger partial charge on any atom is 0.415 e. The molecule has 5 nitrogen and oxygen atoms in total. The predicted molar refractivity (Wildman–Crippen MR) is 71.5 cm³/mol. The van der Waals surface area contributed by atoms with Gasteiger partial charge in [-0.3, -0.25) is 4.90 Å². The lowest BCUT2D eigenvalue weighted by molar-refractivity contribution is 0.0520. The molecule has 1 aliphatic heterocycles. The van der Waals surface area contributed by atoms with Crippen LogP contribution in [-0.2, 0) is 4.74 Å². The third-order valence-corrected chi connectivity index (χ3v) is 2.72. The van der Waals surface area contributed by atoms with Crippen molar-refractivity contribution in [2.75, 3.05) is 18.1 Å². The van der Waals surface area contributed by atoms with Gasteiger partial charge < -0.3 is 14.6 Å². The summed E-state index contributed by atoms with van der Waals surface area (Å²) in [5.41, 5.74) is 0.0479. The molecule has 1 atom stereocenters. The van der Waals surface area contributed by atoms with E-state index in [0.29, 0.717) is 11.4 Å². The summed E-state index contributed by atoms with van der Waals surface area (Å²) in [4.78, 5) is 13.7. The number of nitrogens with zero attached hydrogens (tertiary/aromatic N) is 1. The molecule has 0 saturated heterocycles. The lowest BCUT2D eigenvalue weighted by atomic mass is 10.1. The molecule has 1 aromatic carbocycles. The van der Waals surface area contributed by atoms with Gasteiger partial charge in [-0.05, 0) is 32.9 Å². The summed E-state index contributed by atoms with van der Waals surface area (Å²) < 4.78 is 10.9. The number of amides is 1. The molecule has 1 heterocycles. The first kappa shape index (κ1) is 13.7. The highest BCUT2D eigenvalue weighted by Gasteiger charge is 2.34. The molecule has 0 saturated carbocycles. The van der Waals surface area contributed by atoms with Gasteiger partial charge >= 0.3 is 6.09 Å². The van der Waals surface area contributed by atoms with Crippen molar-refractivity contribution in [2.45, 2.75) is 32.4 Å². The fourth-order valence-electron chi connectivity index (χ4n) is 1.93. The van der Waals surface area contributed by atoms with Crippen LogP contribution in [0.25, 0.3) is 0 Å². The van der Waals surface area contributed by atoms with E-state index in [1.165, 1.54) is 4.90 Å². The van der Waals surface area contributed by atoms with Crippen molar-refractivity contribution in [1.82, 2.24) is 0 Å². The Hall–Kier alpha value is -1.75. The van der Waals surface area contributed by atoms with Gasteiger partial charge in [-0.25, -0.2) is 4.79 Å². The average Bonchev–Trinajstić information content (AvgIpc) is 2.35. The summed E-state index contributed by atoms with van der Waals surface area (Å²) in [7, 11) is 0. The van der Waals surface area contributed by atoms with Crippen molar-refractivity contribution < 1.29 is 19.4 Å². The van der Waals surface area contributed by atoms with Crippen LogP contribution in [0.2, 0.25) is 0 Å². The molecule has 0 aromatic heterocycles. The van der Waals surface area contributed by atoms with E-state index in [9.17, 15) is 9.90 Å². The van der Waals surface area contributed by atoms with E-state index in [4.69, 9.17) is 9.47 Å². The number of fused-ring (bicyclic) bond motifs is 1. The smallest absolute Gasteiger partial charge is 0.415 e. The average molecular weight is 265 g/mol. The molecule has 0 aliphatic carbocycles. The second-order valence-electron chi connectivity index (χ2n) is 5.47. The Kier molecular flexibility index (Phi) is 3.66. The van der Waals surface area contributed by atoms with E-state index in [1.54, 1.807) is 12.1 Å². The number of para-hydroxylation sites is 2. The molecule has 1 N–H and O–H groups in total. The van der Waals surface area contributed by atoms with Crippen molar-refractivity contribution in [3.63, 3.8) is 0 Å². The number of carbonyl (C=O) groups is 1. The van der Waals surface area contributed by atoms with Gasteiger partial charge in [-0.2, -0.15) is 0 Å². The van der Waals surface area contributed by atoms with Crippen LogP contribution < -0.4 is 9.64 Å². The molecule has 2 rings (SSSR count). The Bertz CT molecular complexity index is 467. The molecule has 0 radical (unpaired) electrons. The van der Waals surface area contributed by atoms with Crippen LogP contribution in [0.1, 0.15) is 20.8 Å².